The zero-order valence-electron chi connectivity index (χ0n) is 16.9. The fourth-order valence-corrected chi connectivity index (χ4v) is 5.89. The van der Waals surface area contributed by atoms with Crippen LogP contribution in [0.2, 0.25) is 0 Å². The van der Waals surface area contributed by atoms with Gasteiger partial charge in [-0.2, -0.15) is 0 Å². The summed E-state index contributed by atoms with van der Waals surface area (Å²) >= 11 is 1.38. The first-order valence-electron chi connectivity index (χ1n) is 10.2. The molecule has 1 aromatic carbocycles. The van der Waals surface area contributed by atoms with Gasteiger partial charge in [0.05, 0.1) is 17.5 Å². The molecule has 2 aromatic rings. The smallest absolute Gasteiger partial charge is 0.307 e. The maximum absolute atomic E-state index is 13.1. The lowest BCUT2D eigenvalue weighted by molar-refractivity contribution is -0.148. The Hall–Kier alpha value is -2.47. The number of carboxylic acid groups (broad SMARTS) is 1. The topological polar surface area (TPSA) is 79.3 Å². The maximum atomic E-state index is 13.1. The third kappa shape index (κ3) is 3.50. The predicted molar refractivity (Wildman–Crippen MR) is 115 cm³/mol. The van der Waals surface area contributed by atoms with E-state index in [1.807, 2.05) is 31.4 Å². The number of anilines is 1. The van der Waals surface area contributed by atoms with E-state index >= 15 is 0 Å². The summed E-state index contributed by atoms with van der Waals surface area (Å²) in [5.41, 5.74) is 5.44. The SMILES string of the molecule is CCc1ccc(-c2csc(NC(=O)[C@H]3[C@@H](C(=O)O)[C@@H]4CC[C@@H]3C4=C(C)C)n2)cc1. The van der Waals surface area contributed by atoms with Crippen molar-refractivity contribution in [3.8, 4) is 11.3 Å². The second-order valence-electron chi connectivity index (χ2n) is 8.21. The molecule has 1 amide bonds. The lowest BCUT2D eigenvalue weighted by Gasteiger charge is -2.25. The van der Waals surface area contributed by atoms with E-state index in [4.69, 9.17) is 0 Å². The first-order chi connectivity index (χ1) is 13.9. The molecule has 2 bridgehead atoms. The van der Waals surface area contributed by atoms with E-state index in [1.165, 1.54) is 22.5 Å². The minimum Gasteiger partial charge on any atom is -0.481 e. The van der Waals surface area contributed by atoms with Gasteiger partial charge in [0.25, 0.3) is 0 Å². The van der Waals surface area contributed by atoms with E-state index in [2.05, 4.69) is 29.4 Å². The number of nitrogens with zero attached hydrogens (tertiary/aromatic N) is 1. The molecule has 2 aliphatic carbocycles. The van der Waals surface area contributed by atoms with Crippen molar-refractivity contribution in [2.24, 2.45) is 23.7 Å². The highest BCUT2D eigenvalue weighted by Crippen LogP contribution is 2.57. The van der Waals surface area contributed by atoms with Gasteiger partial charge in [0, 0.05) is 10.9 Å². The first kappa shape index (κ1) is 19.8. The molecule has 0 aliphatic heterocycles. The fraction of sp³-hybridized carbons (Fsp3) is 0.435. The van der Waals surface area contributed by atoms with Gasteiger partial charge in [-0.25, -0.2) is 4.98 Å². The normalized spacial score (nSPS) is 25.3. The summed E-state index contributed by atoms with van der Waals surface area (Å²) < 4.78 is 0. The molecule has 0 unspecified atom stereocenters. The molecule has 2 N–H and O–H groups in total. The van der Waals surface area contributed by atoms with E-state index < -0.39 is 17.8 Å². The predicted octanol–water partition coefficient (Wildman–Crippen LogP) is 5.00. The average molecular weight is 411 g/mol. The molecule has 29 heavy (non-hydrogen) atoms. The van der Waals surface area contributed by atoms with Crippen LogP contribution in [0.4, 0.5) is 5.13 Å². The largest absolute Gasteiger partial charge is 0.481 e. The number of aromatic nitrogens is 1. The van der Waals surface area contributed by atoms with Crippen LogP contribution in [-0.2, 0) is 16.0 Å². The second kappa shape index (κ2) is 7.75. The quantitative estimate of drug-likeness (QED) is 0.680. The Morgan fingerprint density at radius 3 is 2.38 bits per heavy atom. The number of fused-ring (bicyclic) bond motifs is 2. The number of allylic oxidation sites excluding steroid dienone is 2. The molecule has 0 saturated heterocycles. The molecule has 1 heterocycles. The van der Waals surface area contributed by atoms with Crippen LogP contribution in [-0.4, -0.2) is 22.0 Å². The number of thiazole rings is 1. The molecule has 1 aromatic heterocycles. The van der Waals surface area contributed by atoms with Crippen LogP contribution >= 0.6 is 11.3 Å². The van der Waals surface area contributed by atoms with Gasteiger partial charge in [0.1, 0.15) is 0 Å². The van der Waals surface area contributed by atoms with Gasteiger partial charge in [0.2, 0.25) is 5.91 Å². The van der Waals surface area contributed by atoms with E-state index in [1.54, 1.807) is 0 Å². The van der Waals surface area contributed by atoms with Crippen molar-refractivity contribution in [2.45, 2.75) is 40.0 Å². The van der Waals surface area contributed by atoms with Crippen LogP contribution in [0.3, 0.4) is 0 Å². The number of aryl methyl sites for hydroxylation is 1. The number of carboxylic acids is 1. The number of amides is 1. The highest BCUT2D eigenvalue weighted by Gasteiger charge is 2.57. The van der Waals surface area contributed by atoms with Gasteiger partial charge in [-0.15, -0.1) is 11.3 Å². The number of aliphatic carboxylic acids is 1. The molecule has 5 nitrogen and oxygen atoms in total. The van der Waals surface area contributed by atoms with Crippen LogP contribution in [0.5, 0.6) is 0 Å². The Kier molecular flexibility index (Phi) is 5.30. The maximum Gasteiger partial charge on any atom is 0.307 e. The molecule has 2 fully saturated rings. The van der Waals surface area contributed by atoms with Crippen molar-refractivity contribution in [3.05, 3.63) is 46.4 Å². The highest BCUT2D eigenvalue weighted by atomic mass is 32.1. The number of nitrogens with one attached hydrogen (secondary N) is 1. The Morgan fingerprint density at radius 1 is 1.14 bits per heavy atom. The molecule has 2 aliphatic rings. The summed E-state index contributed by atoms with van der Waals surface area (Å²) in [6.07, 6.45) is 2.74. The zero-order chi connectivity index (χ0) is 20.7. The molecule has 2 saturated carbocycles. The Bertz CT molecular complexity index is 972. The van der Waals surface area contributed by atoms with Crippen molar-refractivity contribution < 1.29 is 14.7 Å². The second-order valence-corrected chi connectivity index (χ2v) is 9.07. The Labute approximate surface area is 174 Å². The molecule has 4 atom stereocenters. The summed E-state index contributed by atoms with van der Waals surface area (Å²) in [6.45, 7) is 6.17. The summed E-state index contributed by atoms with van der Waals surface area (Å²) in [7, 11) is 0. The highest BCUT2D eigenvalue weighted by molar-refractivity contribution is 7.14. The number of benzene rings is 1. The van der Waals surface area contributed by atoms with Crippen molar-refractivity contribution in [1.29, 1.82) is 0 Å². The van der Waals surface area contributed by atoms with E-state index in [-0.39, 0.29) is 17.7 Å². The first-order valence-corrected chi connectivity index (χ1v) is 11.0. The molecule has 0 radical (unpaired) electrons. The Balaban J connectivity index is 1.54. The van der Waals surface area contributed by atoms with Gasteiger partial charge >= 0.3 is 5.97 Å². The number of rotatable bonds is 5. The van der Waals surface area contributed by atoms with Crippen LogP contribution in [0.15, 0.2) is 40.8 Å². The van der Waals surface area contributed by atoms with E-state index in [0.29, 0.717) is 5.13 Å². The molecular weight excluding hydrogens is 384 g/mol. The summed E-state index contributed by atoms with van der Waals surface area (Å²) in [4.78, 5) is 29.6. The minimum atomic E-state index is -0.869. The standard InChI is InChI=1S/C23H26N2O3S/c1-4-13-5-7-14(8-6-13)17-11-29-23(24-17)25-21(26)19-15-9-10-16(18(15)12(2)3)20(19)22(27)28/h5-8,11,15-16,19-20H,4,9-10H2,1-3H3,(H,27,28)(H,24,25,26)/t15-,16-,19-,20+/m1/s1. The zero-order valence-corrected chi connectivity index (χ0v) is 17.8. The van der Waals surface area contributed by atoms with Crippen molar-refractivity contribution in [2.75, 3.05) is 5.32 Å². The van der Waals surface area contributed by atoms with Gasteiger partial charge in [-0.1, -0.05) is 42.3 Å². The number of hydrogen-bond donors (Lipinski definition) is 2. The van der Waals surface area contributed by atoms with Gasteiger partial charge < -0.3 is 10.4 Å². The van der Waals surface area contributed by atoms with Crippen molar-refractivity contribution in [1.82, 2.24) is 4.98 Å². The van der Waals surface area contributed by atoms with E-state index in [0.717, 1.165) is 36.1 Å². The monoisotopic (exact) mass is 410 g/mol. The molecule has 0 spiro atoms. The summed E-state index contributed by atoms with van der Waals surface area (Å²) in [5, 5.41) is 15.2. The molecule has 152 valence electrons. The third-order valence-corrected chi connectivity index (χ3v) is 7.16. The van der Waals surface area contributed by atoms with E-state index in [9.17, 15) is 14.7 Å². The van der Waals surface area contributed by atoms with Crippen LogP contribution in [0.25, 0.3) is 11.3 Å². The third-order valence-electron chi connectivity index (χ3n) is 6.40. The summed E-state index contributed by atoms with van der Waals surface area (Å²) in [5.74, 6) is -2.22. The Morgan fingerprint density at radius 2 is 1.79 bits per heavy atom. The lowest BCUT2D eigenvalue weighted by Crippen LogP contribution is -2.37. The van der Waals surface area contributed by atoms with Crippen LogP contribution in [0, 0.1) is 23.7 Å². The molecular formula is C23H26N2O3S. The fourth-order valence-electron chi connectivity index (χ4n) is 5.17. The molecule has 4 rings (SSSR count). The van der Waals surface area contributed by atoms with Gasteiger partial charge in [-0.3, -0.25) is 9.59 Å². The number of hydrogen-bond acceptors (Lipinski definition) is 4. The van der Waals surface area contributed by atoms with Crippen molar-refractivity contribution >= 4 is 28.3 Å². The van der Waals surface area contributed by atoms with Crippen LogP contribution < -0.4 is 5.32 Å². The van der Waals surface area contributed by atoms with Crippen LogP contribution in [0.1, 0.15) is 39.2 Å². The summed E-state index contributed by atoms with van der Waals surface area (Å²) in [6, 6.07) is 8.25. The number of carbonyl (C=O) groups excluding carboxylic acids is 1. The number of carbonyl (C=O) groups is 2. The minimum absolute atomic E-state index is 0.0119. The van der Waals surface area contributed by atoms with Gasteiger partial charge in [0.15, 0.2) is 5.13 Å². The van der Waals surface area contributed by atoms with Crippen molar-refractivity contribution in [3.63, 3.8) is 0 Å². The molecule has 6 heteroatoms. The van der Waals surface area contributed by atoms with Gasteiger partial charge in [-0.05, 0) is 50.5 Å². The average Bonchev–Trinajstić information content (AvgIpc) is 3.41. The lowest BCUT2D eigenvalue weighted by atomic mass is 9.79.